The first-order chi connectivity index (χ1) is 14.0. The van der Waals surface area contributed by atoms with Crippen LogP contribution in [0.15, 0.2) is 63.7 Å². The number of nitrogens with one attached hydrogen (secondary N) is 1. The molecule has 0 unspecified atom stereocenters. The third-order valence-electron chi connectivity index (χ3n) is 4.71. The molecule has 4 rings (SSSR count). The molecule has 0 atom stereocenters. The number of halogens is 1. The molecule has 2 heterocycles. The van der Waals surface area contributed by atoms with Gasteiger partial charge in [-0.1, -0.05) is 52.0 Å². The fourth-order valence-electron chi connectivity index (χ4n) is 3.01. The normalized spacial score (nSPS) is 11.0. The van der Waals surface area contributed by atoms with Gasteiger partial charge >= 0.3 is 0 Å². The second kappa shape index (κ2) is 8.65. The number of aromatic nitrogens is 2. The fraction of sp³-hybridized carbons (Fsp3) is 0.136. The van der Waals surface area contributed by atoms with Crippen molar-refractivity contribution in [1.29, 1.82) is 0 Å². The predicted octanol–water partition coefficient (Wildman–Crippen LogP) is 6.47. The number of amides is 1. The highest BCUT2D eigenvalue weighted by molar-refractivity contribution is 9.10. The van der Waals surface area contributed by atoms with Gasteiger partial charge in [-0.25, -0.2) is 9.97 Å². The van der Waals surface area contributed by atoms with Crippen LogP contribution >= 0.6 is 39.0 Å². The molecule has 4 nitrogen and oxygen atoms in total. The Kier molecular flexibility index (Phi) is 5.99. The molecular formula is C22H18BrN3OS2. The molecule has 0 saturated carbocycles. The number of rotatable bonds is 5. The molecule has 2 aromatic heterocycles. The first-order valence-corrected chi connectivity index (χ1v) is 11.7. The quantitative estimate of drug-likeness (QED) is 0.261. The van der Waals surface area contributed by atoms with E-state index < -0.39 is 0 Å². The van der Waals surface area contributed by atoms with Crippen LogP contribution in [0.1, 0.15) is 11.1 Å². The van der Waals surface area contributed by atoms with Crippen LogP contribution in [-0.4, -0.2) is 21.6 Å². The van der Waals surface area contributed by atoms with Gasteiger partial charge in [-0.15, -0.1) is 11.3 Å². The summed E-state index contributed by atoms with van der Waals surface area (Å²) in [4.78, 5) is 22.3. The molecule has 7 heteroatoms. The van der Waals surface area contributed by atoms with Crippen molar-refractivity contribution in [2.75, 3.05) is 11.1 Å². The maximum Gasteiger partial charge on any atom is 0.234 e. The molecular weight excluding hydrogens is 466 g/mol. The maximum absolute atomic E-state index is 12.5. The van der Waals surface area contributed by atoms with E-state index in [0.717, 1.165) is 47.7 Å². The van der Waals surface area contributed by atoms with Gasteiger partial charge in [0.2, 0.25) is 5.91 Å². The van der Waals surface area contributed by atoms with Crippen molar-refractivity contribution in [3.63, 3.8) is 0 Å². The molecule has 0 aliphatic carbocycles. The highest BCUT2D eigenvalue weighted by Gasteiger charge is 2.15. The average molecular weight is 484 g/mol. The summed E-state index contributed by atoms with van der Waals surface area (Å²) in [5, 5.41) is 6.94. The fourth-order valence-corrected chi connectivity index (χ4v) is 5.06. The zero-order valence-corrected chi connectivity index (χ0v) is 19.1. The first kappa shape index (κ1) is 20.1. The number of thioether (sulfide) groups is 1. The van der Waals surface area contributed by atoms with E-state index in [9.17, 15) is 4.79 Å². The van der Waals surface area contributed by atoms with Gasteiger partial charge in [0, 0.05) is 21.1 Å². The Morgan fingerprint density at radius 2 is 1.93 bits per heavy atom. The van der Waals surface area contributed by atoms with E-state index in [4.69, 9.17) is 0 Å². The molecule has 146 valence electrons. The first-order valence-electron chi connectivity index (χ1n) is 9.00. The zero-order chi connectivity index (χ0) is 20.4. The van der Waals surface area contributed by atoms with Gasteiger partial charge in [-0.3, -0.25) is 4.79 Å². The Bertz CT molecular complexity index is 1190. The summed E-state index contributed by atoms with van der Waals surface area (Å²) in [7, 11) is 0. The molecule has 4 aromatic rings. The summed E-state index contributed by atoms with van der Waals surface area (Å²) in [5.74, 6) is 0.241. The Labute approximate surface area is 185 Å². The predicted molar refractivity (Wildman–Crippen MR) is 126 cm³/mol. The number of benzene rings is 2. The number of carbonyl (C=O) groups is 1. The van der Waals surface area contributed by atoms with Crippen LogP contribution in [0.5, 0.6) is 0 Å². The number of aryl methyl sites for hydroxylation is 1. The van der Waals surface area contributed by atoms with Crippen molar-refractivity contribution in [3.8, 4) is 11.1 Å². The lowest BCUT2D eigenvalue weighted by molar-refractivity contribution is -0.113. The number of carbonyl (C=O) groups excluding carboxylic acids is 1. The van der Waals surface area contributed by atoms with Gasteiger partial charge in [0.25, 0.3) is 0 Å². The van der Waals surface area contributed by atoms with Crippen molar-refractivity contribution < 1.29 is 4.79 Å². The van der Waals surface area contributed by atoms with Crippen LogP contribution in [-0.2, 0) is 4.79 Å². The molecule has 29 heavy (non-hydrogen) atoms. The molecule has 1 N–H and O–H groups in total. The summed E-state index contributed by atoms with van der Waals surface area (Å²) in [5.41, 5.74) is 5.30. The average Bonchev–Trinajstić information content (AvgIpc) is 3.15. The van der Waals surface area contributed by atoms with E-state index in [-0.39, 0.29) is 11.7 Å². The molecule has 1 amide bonds. The Morgan fingerprint density at radius 1 is 1.14 bits per heavy atom. The van der Waals surface area contributed by atoms with E-state index in [0.29, 0.717) is 0 Å². The van der Waals surface area contributed by atoms with Crippen LogP contribution in [0.2, 0.25) is 0 Å². The van der Waals surface area contributed by atoms with Crippen LogP contribution in [0, 0.1) is 13.8 Å². The van der Waals surface area contributed by atoms with Crippen LogP contribution in [0.25, 0.3) is 21.3 Å². The molecule has 2 aromatic carbocycles. The van der Waals surface area contributed by atoms with Gasteiger partial charge < -0.3 is 5.32 Å². The Hall–Kier alpha value is -2.22. The highest BCUT2D eigenvalue weighted by Crippen LogP contribution is 2.38. The summed E-state index contributed by atoms with van der Waals surface area (Å²) in [6.45, 7) is 4.06. The van der Waals surface area contributed by atoms with Gasteiger partial charge in [-0.05, 0) is 48.7 Å². The maximum atomic E-state index is 12.5. The lowest BCUT2D eigenvalue weighted by Gasteiger charge is -2.10. The minimum Gasteiger partial charge on any atom is -0.325 e. The minimum absolute atomic E-state index is 0.0455. The number of hydrogen-bond acceptors (Lipinski definition) is 5. The van der Waals surface area contributed by atoms with E-state index >= 15 is 0 Å². The summed E-state index contributed by atoms with van der Waals surface area (Å²) < 4.78 is 1.04. The van der Waals surface area contributed by atoms with Crippen molar-refractivity contribution in [1.82, 2.24) is 9.97 Å². The molecule has 0 bridgehead atoms. The van der Waals surface area contributed by atoms with Crippen molar-refractivity contribution in [2.45, 2.75) is 18.9 Å². The van der Waals surface area contributed by atoms with Crippen molar-refractivity contribution in [3.05, 3.63) is 69.8 Å². The lowest BCUT2D eigenvalue weighted by Crippen LogP contribution is -2.15. The third-order valence-corrected chi connectivity index (χ3v) is 7.11. The molecule has 0 aliphatic rings. The summed E-state index contributed by atoms with van der Waals surface area (Å²) >= 11 is 6.51. The van der Waals surface area contributed by atoms with Crippen LogP contribution in [0.3, 0.4) is 0 Å². The number of fused-ring (bicyclic) bond motifs is 1. The van der Waals surface area contributed by atoms with Gasteiger partial charge in [0.05, 0.1) is 11.1 Å². The minimum atomic E-state index is -0.0455. The van der Waals surface area contributed by atoms with Gasteiger partial charge in [0.15, 0.2) is 0 Å². The lowest BCUT2D eigenvalue weighted by atomic mass is 10.1. The number of thiophene rings is 1. The number of nitrogens with zero attached hydrogens (tertiary/aromatic N) is 2. The van der Waals surface area contributed by atoms with Crippen molar-refractivity contribution >= 4 is 60.8 Å². The molecule has 0 fully saturated rings. The SMILES string of the molecule is Cc1cccc(NC(=O)CSc2ncnc3scc(-c4ccc(Br)cc4)c23)c1C. The summed E-state index contributed by atoms with van der Waals surface area (Å²) in [6, 6.07) is 14.1. The summed E-state index contributed by atoms with van der Waals surface area (Å²) in [6.07, 6.45) is 1.56. The highest BCUT2D eigenvalue weighted by atomic mass is 79.9. The Balaban J connectivity index is 1.56. The van der Waals surface area contributed by atoms with Gasteiger partial charge in [-0.2, -0.15) is 0 Å². The monoisotopic (exact) mass is 483 g/mol. The molecule has 0 saturated heterocycles. The smallest absolute Gasteiger partial charge is 0.234 e. The topological polar surface area (TPSA) is 54.9 Å². The van der Waals surface area contributed by atoms with Crippen molar-refractivity contribution in [2.24, 2.45) is 0 Å². The van der Waals surface area contributed by atoms with Crippen LogP contribution in [0.4, 0.5) is 5.69 Å². The Morgan fingerprint density at radius 3 is 2.72 bits per heavy atom. The van der Waals surface area contributed by atoms with E-state index in [1.807, 2.05) is 44.2 Å². The molecule has 0 aliphatic heterocycles. The largest absolute Gasteiger partial charge is 0.325 e. The van der Waals surface area contributed by atoms with E-state index in [2.05, 4.69) is 48.7 Å². The van der Waals surface area contributed by atoms with Gasteiger partial charge in [0.1, 0.15) is 16.2 Å². The van der Waals surface area contributed by atoms with Crippen LogP contribution < -0.4 is 5.32 Å². The second-order valence-electron chi connectivity index (χ2n) is 6.60. The standard InChI is InChI=1S/C22H18BrN3OS2/c1-13-4-3-5-18(14(13)2)26-19(27)11-29-22-20-17(10-28-21(20)24-12-25-22)15-6-8-16(23)9-7-15/h3-10,12H,11H2,1-2H3,(H,26,27). The molecule has 0 radical (unpaired) electrons. The zero-order valence-electron chi connectivity index (χ0n) is 15.9. The number of hydrogen-bond donors (Lipinski definition) is 1. The molecule has 0 spiro atoms. The van der Waals surface area contributed by atoms with E-state index in [1.165, 1.54) is 11.8 Å². The number of anilines is 1. The third kappa shape index (κ3) is 4.37. The van der Waals surface area contributed by atoms with E-state index in [1.54, 1.807) is 17.7 Å². The second-order valence-corrected chi connectivity index (χ2v) is 9.34.